The number of aromatic hydroxyl groups is 3. The first-order valence-electron chi connectivity index (χ1n) is 8.98. The lowest BCUT2D eigenvalue weighted by Crippen LogP contribution is -2.09. The number of ketones is 1. The van der Waals surface area contributed by atoms with E-state index in [9.17, 15) is 20.1 Å². The summed E-state index contributed by atoms with van der Waals surface area (Å²) in [5, 5.41) is 30.0. The SMILES string of the molecule is COc1cc2c(cc1O)c(-c1ccc(O)cc1)cn2CC(=O)c1ccc(O)cc1. The normalized spacial score (nSPS) is 10.9. The summed E-state index contributed by atoms with van der Waals surface area (Å²) in [5.74, 6) is 0.451. The average Bonchev–Trinajstić information content (AvgIpc) is 3.05. The molecule has 6 heteroatoms. The van der Waals surface area contributed by atoms with E-state index in [0.717, 1.165) is 22.0 Å². The van der Waals surface area contributed by atoms with Gasteiger partial charge >= 0.3 is 0 Å². The second kappa shape index (κ2) is 7.24. The van der Waals surface area contributed by atoms with Gasteiger partial charge in [-0.15, -0.1) is 0 Å². The lowest BCUT2D eigenvalue weighted by Gasteiger charge is -2.08. The molecule has 4 aromatic rings. The number of phenols is 3. The second-order valence-corrected chi connectivity index (χ2v) is 6.73. The van der Waals surface area contributed by atoms with Crippen molar-refractivity contribution < 1.29 is 24.9 Å². The van der Waals surface area contributed by atoms with E-state index in [1.54, 1.807) is 53.1 Å². The van der Waals surface area contributed by atoms with Gasteiger partial charge in [-0.05, 0) is 48.0 Å². The molecule has 0 radical (unpaired) electrons. The molecule has 0 aliphatic carbocycles. The van der Waals surface area contributed by atoms with Crippen LogP contribution >= 0.6 is 0 Å². The number of nitrogens with zero attached hydrogens (tertiary/aromatic N) is 1. The molecule has 0 spiro atoms. The third-order valence-corrected chi connectivity index (χ3v) is 4.86. The Balaban J connectivity index is 1.83. The monoisotopic (exact) mass is 389 g/mol. The van der Waals surface area contributed by atoms with Crippen LogP contribution in [0.2, 0.25) is 0 Å². The maximum Gasteiger partial charge on any atom is 0.182 e. The molecule has 0 fully saturated rings. The largest absolute Gasteiger partial charge is 0.508 e. The molecule has 146 valence electrons. The molecule has 0 amide bonds. The molecule has 6 nitrogen and oxygen atoms in total. The van der Waals surface area contributed by atoms with Gasteiger partial charge in [0, 0.05) is 28.8 Å². The summed E-state index contributed by atoms with van der Waals surface area (Å²) in [4.78, 5) is 12.8. The molecular weight excluding hydrogens is 370 g/mol. The van der Waals surface area contributed by atoms with E-state index in [-0.39, 0.29) is 29.6 Å². The highest BCUT2D eigenvalue weighted by molar-refractivity contribution is 6.01. The lowest BCUT2D eigenvalue weighted by atomic mass is 10.0. The van der Waals surface area contributed by atoms with Gasteiger partial charge in [0.15, 0.2) is 17.3 Å². The number of ether oxygens (including phenoxy) is 1. The zero-order chi connectivity index (χ0) is 20.5. The Morgan fingerprint density at radius 2 is 1.55 bits per heavy atom. The first-order valence-corrected chi connectivity index (χ1v) is 8.98. The Hall–Kier alpha value is -3.93. The van der Waals surface area contributed by atoms with Crippen molar-refractivity contribution in [3.05, 3.63) is 72.4 Å². The van der Waals surface area contributed by atoms with E-state index in [2.05, 4.69) is 0 Å². The fourth-order valence-corrected chi connectivity index (χ4v) is 3.36. The minimum Gasteiger partial charge on any atom is -0.508 e. The lowest BCUT2D eigenvalue weighted by molar-refractivity contribution is 0.0973. The number of methoxy groups -OCH3 is 1. The maximum atomic E-state index is 12.8. The molecule has 1 aromatic heterocycles. The summed E-state index contributed by atoms with van der Waals surface area (Å²) in [5.41, 5.74) is 2.88. The van der Waals surface area contributed by atoms with Crippen LogP contribution < -0.4 is 4.74 Å². The predicted molar refractivity (Wildman–Crippen MR) is 110 cm³/mol. The first-order chi connectivity index (χ1) is 14.0. The minimum atomic E-state index is -0.119. The van der Waals surface area contributed by atoms with Gasteiger partial charge < -0.3 is 24.6 Å². The van der Waals surface area contributed by atoms with Crippen molar-refractivity contribution in [2.24, 2.45) is 0 Å². The number of rotatable bonds is 5. The van der Waals surface area contributed by atoms with Crippen molar-refractivity contribution in [3.63, 3.8) is 0 Å². The van der Waals surface area contributed by atoms with E-state index < -0.39 is 0 Å². The number of hydrogen-bond acceptors (Lipinski definition) is 5. The zero-order valence-corrected chi connectivity index (χ0v) is 15.7. The summed E-state index contributed by atoms with van der Waals surface area (Å²) in [6.07, 6.45) is 1.84. The van der Waals surface area contributed by atoms with Gasteiger partial charge in [0.1, 0.15) is 11.5 Å². The zero-order valence-electron chi connectivity index (χ0n) is 15.7. The molecule has 3 aromatic carbocycles. The van der Waals surface area contributed by atoms with Crippen LogP contribution in [0.3, 0.4) is 0 Å². The highest BCUT2D eigenvalue weighted by atomic mass is 16.5. The van der Waals surface area contributed by atoms with E-state index in [1.807, 2.05) is 6.20 Å². The van der Waals surface area contributed by atoms with Crippen molar-refractivity contribution >= 4 is 16.7 Å². The number of phenolic OH excluding ortho intramolecular Hbond substituents is 3. The first kappa shape index (κ1) is 18.4. The van der Waals surface area contributed by atoms with Gasteiger partial charge in [-0.2, -0.15) is 0 Å². The van der Waals surface area contributed by atoms with Crippen LogP contribution in [0.15, 0.2) is 66.9 Å². The molecule has 0 aliphatic heterocycles. The van der Waals surface area contributed by atoms with Crippen LogP contribution in [0, 0.1) is 0 Å². The number of Topliss-reactive ketones (excluding diaryl/α,β-unsaturated/α-hetero) is 1. The van der Waals surface area contributed by atoms with Crippen LogP contribution in [0.5, 0.6) is 23.0 Å². The van der Waals surface area contributed by atoms with Gasteiger partial charge in [-0.25, -0.2) is 0 Å². The topological polar surface area (TPSA) is 91.9 Å². The molecule has 0 saturated carbocycles. The Kier molecular flexibility index (Phi) is 4.60. The van der Waals surface area contributed by atoms with Crippen LogP contribution in [-0.4, -0.2) is 32.8 Å². The van der Waals surface area contributed by atoms with Gasteiger partial charge in [0.05, 0.1) is 19.2 Å². The van der Waals surface area contributed by atoms with Crippen LogP contribution in [0.1, 0.15) is 10.4 Å². The summed E-state index contributed by atoms with van der Waals surface area (Å²) in [6, 6.07) is 16.1. The van der Waals surface area contributed by atoms with Crippen molar-refractivity contribution in [1.82, 2.24) is 4.57 Å². The molecule has 0 atom stereocenters. The average molecular weight is 389 g/mol. The van der Waals surface area contributed by atoms with Crippen LogP contribution in [0.4, 0.5) is 0 Å². The van der Waals surface area contributed by atoms with E-state index >= 15 is 0 Å². The van der Waals surface area contributed by atoms with Gasteiger partial charge in [-0.3, -0.25) is 4.79 Å². The summed E-state index contributed by atoms with van der Waals surface area (Å²) in [6.45, 7) is 0.0767. The van der Waals surface area contributed by atoms with Gasteiger partial charge in [-0.1, -0.05) is 12.1 Å². The number of fused-ring (bicyclic) bond motifs is 1. The van der Waals surface area contributed by atoms with Crippen LogP contribution in [0.25, 0.3) is 22.0 Å². The molecule has 29 heavy (non-hydrogen) atoms. The smallest absolute Gasteiger partial charge is 0.182 e. The highest BCUT2D eigenvalue weighted by Gasteiger charge is 2.17. The van der Waals surface area contributed by atoms with Crippen LogP contribution in [-0.2, 0) is 6.54 Å². The molecular formula is C23H19NO5. The Morgan fingerprint density at radius 1 is 0.931 bits per heavy atom. The second-order valence-electron chi connectivity index (χ2n) is 6.73. The van der Waals surface area contributed by atoms with E-state index in [1.165, 1.54) is 19.2 Å². The summed E-state index contributed by atoms with van der Waals surface area (Å²) >= 11 is 0. The fraction of sp³-hybridized carbons (Fsp3) is 0.0870. The van der Waals surface area contributed by atoms with Crippen molar-refractivity contribution in [2.75, 3.05) is 7.11 Å². The number of aromatic nitrogens is 1. The molecule has 0 aliphatic rings. The quantitative estimate of drug-likeness (QED) is 0.442. The Bertz CT molecular complexity index is 1190. The number of benzene rings is 3. The molecule has 1 heterocycles. The fourth-order valence-electron chi connectivity index (χ4n) is 3.36. The third-order valence-electron chi connectivity index (χ3n) is 4.86. The summed E-state index contributed by atoms with van der Waals surface area (Å²) < 4.78 is 7.03. The van der Waals surface area contributed by atoms with Gasteiger partial charge in [0.25, 0.3) is 0 Å². The Morgan fingerprint density at radius 3 is 2.17 bits per heavy atom. The standard InChI is InChI=1S/C23H19NO5/c1-29-23-11-20-18(10-21(23)27)19(14-2-6-16(25)7-3-14)12-24(20)13-22(28)15-4-8-17(26)9-5-15/h2-12,25-27H,13H2,1H3. The Labute approximate surface area is 166 Å². The molecule has 0 saturated heterocycles. The van der Waals surface area contributed by atoms with Crippen molar-refractivity contribution in [2.45, 2.75) is 6.54 Å². The predicted octanol–water partition coefficient (Wildman–Crippen LogP) is 4.32. The van der Waals surface area contributed by atoms with Gasteiger partial charge in [0.2, 0.25) is 0 Å². The minimum absolute atomic E-state index is 0.00244. The molecule has 3 N–H and O–H groups in total. The number of carbonyl (C=O) groups is 1. The van der Waals surface area contributed by atoms with E-state index in [0.29, 0.717) is 11.3 Å². The molecule has 4 rings (SSSR count). The third kappa shape index (κ3) is 3.48. The number of carbonyl (C=O) groups excluding carboxylic acids is 1. The maximum absolute atomic E-state index is 12.8. The van der Waals surface area contributed by atoms with Crippen molar-refractivity contribution in [3.8, 4) is 34.1 Å². The van der Waals surface area contributed by atoms with E-state index in [4.69, 9.17) is 4.74 Å². The van der Waals surface area contributed by atoms with Crippen molar-refractivity contribution in [1.29, 1.82) is 0 Å². The molecule has 0 unspecified atom stereocenters. The number of hydrogen-bond donors (Lipinski definition) is 3. The highest BCUT2D eigenvalue weighted by Crippen LogP contribution is 2.38. The molecule has 0 bridgehead atoms. The summed E-state index contributed by atoms with van der Waals surface area (Å²) in [7, 11) is 1.47.